The van der Waals surface area contributed by atoms with Crippen molar-refractivity contribution >= 4 is 29.8 Å². The van der Waals surface area contributed by atoms with Gasteiger partial charge in [-0.2, -0.15) is 0 Å². The third-order valence-electron chi connectivity index (χ3n) is 15.0. The lowest BCUT2D eigenvalue weighted by Gasteiger charge is -2.78. The molecule has 4 saturated carbocycles. The molecule has 318 valence electrons. The van der Waals surface area contributed by atoms with Gasteiger partial charge in [0, 0.05) is 55.4 Å². The highest BCUT2D eigenvalue weighted by Crippen LogP contribution is 2.90. The number of cyclic esters (lactones) is 1. The zero-order valence-corrected chi connectivity index (χ0v) is 34.4. The predicted octanol–water partition coefficient (Wildman–Crippen LogP) is 3.09. The van der Waals surface area contributed by atoms with E-state index >= 15 is 0 Å². The minimum absolute atomic E-state index is 0.158. The van der Waals surface area contributed by atoms with E-state index in [1.165, 1.54) is 32.6 Å². The van der Waals surface area contributed by atoms with Gasteiger partial charge in [0.05, 0.1) is 36.5 Å². The highest BCUT2D eigenvalue weighted by Gasteiger charge is 3.06. The number of ether oxygens (including phenoxy) is 8. The first-order chi connectivity index (χ1) is 26.9. The topological polar surface area (TPSA) is 233 Å². The molecular formula is C41H52O17. The Hall–Kier alpha value is -4.03. The standard InChI is InChI=1S/C41H52O17/c1-17(2)25(45)24-26-35(8,28(54-31(24)48)21-12-13-51-15-21)29(52-19(5)42)27(46)41-36(9)22(14-23(44)50-11)34(7)16-38(36)39(49,32(34)55-30(47)18(3)4)33(53-20(6)43)40(26,41)57-37(10,56-38)58-41/h12-13,15,17-18,22,26-29,32-33,45-46,49H,14,16H2,1-11H3/b25-24-/t22-,26+,27+,28-,29-,32-,33+,34+,35+,36+,37+,38+,39-,40+,41-/m0/s1. The molecule has 3 aliphatic heterocycles. The maximum Gasteiger partial charge on any atom is 0.338 e. The van der Waals surface area contributed by atoms with Crippen LogP contribution in [0.1, 0.15) is 93.7 Å². The number of esters is 5. The molecule has 58 heavy (non-hydrogen) atoms. The van der Waals surface area contributed by atoms with Crippen LogP contribution in [0.2, 0.25) is 0 Å². The lowest BCUT2D eigenvalue weighted by molar-refractivity contribution is -0.491. The fraction of sp³-hybridized carbons (Fsp3) is 0.732. The van der Waals surface area contributed by atoms with Crippen LogP contribution in [0.4, 0.5) is 0 Å². The third-order valence-corrected chi connectivity index (χ3v) is 15.0. The summed E-state index contributed by atoms with van der Waals surface area (Å²) in [5.74, 6) is -11.3. The van der Waals surface area contributed by atoms with Gasteiger partial charge in [-0.3, -0.25) is 19.2 Å². The Morgan fingerprint density at radius 2 is 1.59 bits per heavy atom. The van der Waals surface area contributed by atoms with Gasteiger partial charge in [-0.15, -0.1) is 0 Å². The summed E-state index contributed by atoms with van der Waals surface area (Å²) in [6.07, 6.45) is -6.69. The average molecular weight is 817 g/mol. The Kier molecular flexibility index (Phi) is 8.46. The molecule has 0 radical (unpaired) electrons. The second-order valence-electron chi connectivity index (χ2n) is 18.6. The summed E-state index contributed by atoms with van der Waals surface area (Å²) in [6.45, 7) is 15.0. The maximum absolute atomic E-state index is 14.8. The van der Waals surface area contributed by atoms with Crippen LogP contribution in [-0.4, -0.2) is 105 Å². The van der Waals surface area contributed by atoms with Crippen molar-refractivity contribution in [2.75, 3.05) is 7.11 Å². The van der Waals surface area contributed by atoms with Crippen molar-refractivity contribution in [3.63, 3.8) is 0 Å². The second-order valence-corrected chi connectivity index (χ2v) is 18.6. The molecule has 3 saturated heterocycles. The number of aliphatic hydroxyl groups is 3. The Bertz CT molecular complexity index is 2030. The van der Waals surface area contributed by atoms with Crippen molar-refractivity contribution in [3.05, 3.63) is 35.5 Å². The quantitative estimate of drug-likeness (QED) is 0.148. The summed E-state index contributed by atoms with van der Waals surface area (Å²) in [4.78, 5) is 69.2. The van der Waals surface area contributed by atoms with E-state index in [0.29, 0.717) is 0 Å². The number of rotatable bonds is 8. The molecule has 17 heteroatoms. The molecule has 4 bridgehead atoms. The lowest BCUT2D eigenvalue weighted by Crippen LogP contribution is -2.97. The number of hydrogen-bond donors (Lipinski definition) is 3. The molecule has 17 nitrogen and oxygen atoms in total. The molecular weight excluding hydrogens is 764 g/mol. The van der Waals surface area contributed by atoms with Gasteiger partial charge in [-0.05, 0) is 18.4 Å². The van der Waals surface area contributed by atoms with Crippen molar-refractivity contribution in [1.82, 2.24) is 0 Å². The van der Waals surface area contributed by atoms with Crippen LogP contribution in [0.5, 0.6) is 0 Å². The molecule has 3 N–H and O–H groups in total. The molecule has 7 aliphatic rings. The Balaban J connectivity index is 1.59. The van der Waals surface area contributed by atoms with Gasteiger partial charge in [-0.25, -0.2) is 4.79 Å². The van der Waals surface area contributed by atoms with Crippen molar-refractivity contribution in [2.24, 2.45) is 39.9 Å². The molecule has 1 aromatic heterocycles. The van der Waals surface area contributed by atoms with Crippen molar-refractivity contribution < 1.29 is 81.6 Å². The minimum Gasteiger partial charge on any atom is -0.511 e. The van der Waals surface area contributed by atoms with E-state index in [0.717, 1.165) is 13.8 Å². The van der Waals surface area contributed by atoms with Gasteiger partial charge in [0.1, 0.15) is 41.4 Å². The van der Waals surface area contributed by atoms with E-state index in [9.17, 15) is 39.3 Å². The molecule has 4 heterocycles. The van der Waals surface area contributed by atoms with Crippen LogP contribution in [0.25, 0.3) is 0 Å². The average Bonchev–Trinajstić information content (AvgIpc) is 3.83. The third kappa shape index (κ3) is 4.22. The van der Waals surface area contributed by atoms with Crippen LogP contribution < -0.4 is 0 Å². The fourth-order valence-corrected chi connectivity index (χ4v) is 13.4. The molecule has 0 unspecified atom stereocenters. The first kappa shape index (κ1) is 40.7. The predicted molar refractivity (Wildman–Crippen MR) is 191 cm³/mol. The van der Waals surface area contributed by atoms with E-state index in [1.54, 1.807) is 48.5 Å². The summed E-state index contributed by atoms with van der Waals surface area (Å²) in [6, 6.07) is 1.51. The number of carbonyl (C=O) groups excluding carboxylic acids is 5. The van der Waals surface area contributed by atoms with Crippen LogP contribution in [-0.2, 0) is 61.9 Å². The molecule has 15 atom stereocenters. The first-order valence-electron chi connectivity index (χ1n) is 19.6. The summed E-state index contributed by atoms with van der Waals surface area (Å²) in [5.41, 5.74) is -14.8. The van der Waals surface area contributed by atoms with E-state index in [4.69, 9.17) is 42.3 Å². The summed E-state index contributed by atoms with van der Waals surface area (Å²) in [5, 5.41) is 39.8. The van der Waals surface area contributed by atoms with Crippen molar-refractivity contribution in [1.29, 1.82) is 0 Å². The van der Waals surface area contributed by atoms with Gasteiger partial charge >= 0.3 is 29.8 Å². The van der Waals surface area contributed by atoms with E-state index in [1.807, 2.05) is 0 Å². The summed E-state index contributed by atoms with van der Waals surface area (Å²) in [7, 11) is 1.20. The Morgan fingerprint density at radius 3 is 2.14 bits per heavy atom. The van der Waals surface area contributed by atoms with Crippen molar-refractivity contribution in [3.8, 4) is 0 Å². The van der Waals surface area contributed by atoms with Gasteiger partial charge in [0.25, 0.3) is 5.97 Å². The van der Waals surface area contributed by atoms with Crippen LogP contribution in [0.3, 0.4) is 0 Å². The molecule has 4 aliphatic carbocycles. The van der Waals surface area contributed by atoms with Gasteiger partial charge in [-0.1, -0.05) is 48.5 Å². The summed E-state index contributed by atoms with van der Waals surface area (Å²) >= 11 is 0. The summed E-state index contributed by atoms with van der Waals surface area (Å²) < 4.78 is 56.9. The van der Waals surface area contributed by atoms with E-state index in [-0.39, 0.29) is 12.0 Å². The fourth-order valence-electron chi connectivity index (χ4n) is 13.4. The van der Waals surface area contributed by atoms with Crippen molar-refractivity contribution in [2.45, 2.75) is 141 Å². The first-order valence-corrected chi connectivity index (χ1v) is 19.6. The Labute approximate surface area is 334 Å². The SMILES string of the molecule is COC(=O)C[C@H]1[C@@]2(C)C[C@@]34O[C@]5(C)O[C@]6([C@@H]7/C(=C(/O)C(C)C)C(=O)O[C@@H](c8ccoc8)[C@]7(C)[C@@H](OC(C)=O)[C@@H](O)[C@]6(O5)[C@]13C)[C@H](OC(C)=O)[C@@]4(O)[C@H]2OC(=O)C(C)C. The number of allylic oxidation sites excluding steroid dienone is 1. The smallest absolute Gasteiger partial charge is 0.338 e. The monoisotopic (exact) mass is 816 g/mol. The normalized spacial score (nSPS) is 48.6. The number of fused-ring (bicyclic) bond motifs is 3. The molecule has 7 fully saturated rings. The Morgan fingerprint density at radius 1 is 0.931 bits per heavy atom. The number of furan rings is 1. The van der Waals surface area contributed by atoms with Gasteiger partial charge in [0.2, 0.25) is 0 Å². The maximum atomic E-state index is 14.8. The molecule has 8 rings (SSSR count). The zero-order valence-electron chi connectivity index (χ0n) is 34.4. The largest absolute Gasteiger partial charge is 0.511 e. The number of methoxy groups -OCH3 is 1. The number of hydrogen-bond acceptors (Lipinski definition) is 17. The van der Waals surface area contributed by atoms with Gasteiger partial charge < -0.3 is 57.6 Å². The second kappa shape index (κ2) is 12.0. The molecule has 0 amide bonds. The minimum atomic E-state index is -2.59. The van der Waals surface area contributed by atoms with E-state index < -0.39 is 146 Å². The highest BCUT2D eigenvalue weighted by molar-refractivity contribution is 5.92. The number of aliphatic hydroxyl groups excluding tert-OH is 2. The molecule has 1 aromatic rings. The number of carbonyl (C=O) groups is 5. The van der Waals surface area contributed by atoms with E-state index in [2.05, 4.69) is 0 Å². The highest BCUT2D eigenvalue weighted by atomic mass is 16.9. The van der Waals surface area contributed by atoms with Crippen LogP contribution >= 0.6 is 0 Å². The van der Waals surface area contributed by atoms with Crippen LogP contribution in [0.15, 0.2) is 34.3 Å². The molecule has 2 spiro atoms. The van der Waals surface area contributed by atoms with Gasteiger partial charge in [0.15, 0.2) is 17.3 Å². The lowest BCUT2D eigenvalue weighted by atomic mass is 9.32. The van der Waals surface area contributed by atoms with Crippen LogP contribution in [0, 0.1) is 39.9 Å². The zero-order chi connectivity index (χ0) is 42.7. The molecule has 0 aromatic carbocycles.